The van der Waals surface area contributed by atoms with Crippen LogP contribution in [-0.2, 0) is 13.2 Å². The molecule has 0 saturated heterocycles. The van der Waals surface area contributed by atoms with Gasteiger partial charge in [-0.25, -0.2) is 4.39 Å². The lowest BCUT2D eigenvalue weighted by molar-refractivity contribution is 0.288. The van der Waals surface area contributed by atoms with Gasteiger partial charge in [0.2, 0.25) is 0 Å². The molecule has 2 rings (SSSR count). The second kappa shape index (κ2) is 6.45. The molecule has 0 spiro atoms. The molecule has 0 aliphatic rings. The number of nitrogens with two attached hydrogens (primary N) is 1. The van der Waals surface area contributed by atoms with Crippen LogP contribution in [0.3, 0.4) is 0 Å². The molecule has 4 nitrogen and oxygen atoms in total. The van der Waals surface area contributed by atoms with E-state index < -0.39 is 0 Å². The largest absolute Gasteiger partial charge is 0.487 e. The molecule has 1 heterocycles. The van der Waals surface area contributed by atoms with Gasteiger partial charge in [-0.2, -0.15) is 5.10 Å². The highest BCUT2D eigenvalue weighted by molar-refractivity contribution is 6.31. The van der Waals surface area contributed by atoms with Gasteiger partial charge in [-0.15, -0.1) is 0 Å². The van der Waals surface area contributed by atoms with Crippen molar-refractivity contribution < 1.29 is 9.13 Å². The molecule has 0 aliphatic carbocycles. The normalized spacial score (nSPS) is 12.5. The van der Waals surface area contributed by atoms with Crippen LogP contribution in [0.1, 0.15) is 36.8 Å². The number of aromatic nitrogens is 2. The fraction of sp³-hybridized carbons (Fsp3) is 0.400. The molecule has 0 aliphatic heterocycles. The Morgan fingerprint density at radius 3 is 2.81 bits per heavy atom. The van der Waals surface area contributed by atoms with Gasteiger partial charge in [-0.1, -0.05) is 11.6 Å². The summed E-state index contributed by atoms with van der Waals surface area (Å²) in [6.45, 7) is 6.59. The van der Waals surface area contributed by atoms with Crippen LogP contribution in [0.5, 0.6) is 5.75 Å². The topological polar surface area (TPSA) is 53.1 Å². The molecule has 0 saturated carbocycles. The van der Waals surface area contributed by atoms with Crippen molar-refractivity contribution in [2.75, 3.05) is 0 Å². The smallest absolute Gasteiger partial charge is 0.131 e. The number of nitrogens with zero attached hydrogens (tertiary/aromatic N) is 2. The monoisotopic (exact) mass is 311 g/mol. The molecule has 1 aromatic heterocycles. The maximum absolute atomic E-state index is 13.3. The fourth-order valence-corrected chi connectivity index (χ4v) is 2.35. The minimum absolute atomic E-state index is 0.263. The van der Waals surface area contributed by atoms with Crippen LogP contribution < -0.4 is 10.5 Å². The van der Waals surface area contributed by atoms with Crippen molar-refractivity contribution in [2.24, 2.45) is 5.73 Å². The third-order valence-corrected chi connectivity index (χ3v) is 3.77. The van der Waals surface area contributed by atoms with Gasteiger partial charge >= 0.3 is 0 Å². The van der Waals surface area contributed by atoms with Crippen molar-refractivity contribution in [2.45, 2.75) is 40.0 Å². The average Bonchev–Trinajstić information content (AvgIpc) is 2.72. The maximum atomic E-state index is 13.3. The van der Waals surface area contributed by atoms with E-state index in [1.165, 1.54) is 12.1 Å². The molecule has 6 heteroatoms. The van der Waals surface area contributed by atoms with Crippen LogP contribution in [0.25, 0.3) is 0 Å². The summed E-state index contributed by atoms with van der Waals surface area (Å²) < 4.78 is 20.9. The van der Waals surface area contributed by atoms with Crippen molar-refractivity contribution in [1.82, 2.24) is 9.78 Å². The molecule has 0 radical (unpaired) electrons. The highest BCUT2D eigenvalue weighted by Gasteiger charge is 2.15. The van der Waals surface area contributed by atoms with Gasteiger partial charge in [0, 0.05) is 18.2 Å². The Balaban J connectivity index is 2.25. The first-order chi connectivity index (χ1) is 9.93. The van der Waals surface area contributed by atoms with Gasteiger partial charge in [0.05, 0.1) is 16.4 Å². The Morgan fingerprint density at radius 1 is 1.48 bits per heavy atom. The zero-order valence-electron chi connectivity index (χ0n) is 12.4. The zero-order valence-corrected chi connectivity index (χ0v) is 13.1. The van der Waals surface area contributed by atoms with E-state index in [1.54, 1.807) is 17.7 Å². The lowest BCUT2D eigenvalue weighted by atomic mass is 10.1. The molecule has 0 fully saturated rings. The second-order valence-corrected chi connectivity index (χ2v) is 5.30. The minimum Gasteiger partial charge on any atom is -0.487 e. The Morgan fingerprint density at radius 2 is 2.19 bits per heavy atom. The highest BCUT2D eigenvalue weighted by atomic mass is 35.5. The Hall–Kier alpha value is -1.59. The van der Waals surface area contributed by atoms with Gasteiger partial charge < -0.3 is 10.5 Å². The quantitative estimate of drug-likeness (QED) is 0.918. The molecular weight excluding hydrogens is 293 g/mol. The van der Waals surface area contributed by atoms with E-state index in [4.69, 9.17) is 22.1 Å². The van der Waals surface area contributed by atoms with Crippen LogP contribution in [0.2, 0.25) is 5.02 Å². The third-order valence-electron chi connectivity index (χ3n) is 3.28. The van der Waals surface area contributed by atoms with E-state index in [2.05, 4.69) is 5.10 Å². The maximum Gasteiger partial charge on any atom is 0.131 e. The van der Waals surface area contributed by atoms with Crippen molar-refractivity contribution in [3.8, 4) is 5.75 Å². The molecule has 0 amide bonds. The second-order valence-electron chi connectivity index (χ2n) is 4.92. The summed E-state index contributed by atoms with van der Waals surface area (Å²) >= 11 is 6.24. The predicted molar refractivity (Wildman–Crippen MR) is 81.0 cm³/mol. The van der Waals surface area contributed by atoms with Gasteiger partial charge in [-0.3, -0.25) is 4.68 Å². The van der Waals surface area contributed by atoms with Gasteiger partial charge in [0.25, 0.3) is 0 Å². The Bertz CT molecular complexity index is 640. The van der Waals surface area contributed by atoms with E-state index in [-0.39, 0.29) is 18.5 Å². The Labute approximate surface area is 128 Å². The average molecular weight is 312 g/mol. The summed E-state index contributed by atoms with van der Waals surface area (Å²) in [7, 11) is 0. The molecule has 21 heavy (non-hydrogen) atoms. The van der Waals surface area contributed by atoms with E-state index >= 15 is 0 Å². The van der Waals surface area contributed by atoms with Crippen LogP contribution >= 0.6 is 11.6 Å². The minimum atomic E-state index is -0.331. The highest BCUT2D eigenvalue weighted by Crippen LogP contribution is 2.27. The van der Waals surface area contributed by atoms with Crippen LogP contribution in [0.4, 0.5) is 4.39 Å². The molecule has 1 atom stereocenters. The van der Waals surface area contributed by atoms with Crippen molar-refractivity contribution in [3.05, 3.63) is 46.0 Å². The molecule has 2 aromatic rings. The zero-order chi connectivity index (χ0) is 15.6. The number of hydrogen-bond donors (Lipinski definition) is 1. The summed E-state index contributed by atoms with van der Waals surface area (Å²) in [6, 6.07) is 4.01. The molecule has 1 aromatic carbocycles. The number of halogens is 2. The summed E-state index contributed by atoms with van der Waals surface area (Å²) in [6.07, 6.45) is 0. The number of ether oxygens (including phenoxy) is 1. The number of hydrogen-bond acceptors (Lipinski definition) is 3. The molecule has 0 unspecified atom stereocenters. The molecular formula is C15H19ClFN3O. The first-order valence-electron chi connectivity index (χ1n) is 6.83. The van der Waals surface area contributed by atoms with Crippen LogP contribution in [0.15, 0.2) is 18.2 Å². The summed E-state index contributed by atoms with van der Waals surface area (Å²) in [5.74, 6) is 0.228. The van der Waals surface area contributed by atoms with Gasteiger partial charge in [0.1, 0.15) is 18.2 Å². The van der Waals surface area contributed by atoms with Gasteiger partial charge in [0.15, 0.2) is 0 Å². The molecule has 2 N–H and O–H groups in total. The lowest BCUT2D eigenvalue weighted by Gasteiger charge is -2.14. The summed E-state index contributed by atoms with van der Waals surface area (Å²) in [5.41, 5.74) is 8.05. The van der Waals surface area contributed by atoms with Crippen molar-refractivity contribution >= 4 is 11.6 Å². The van der Waals surface area contributed by atoms with E-state index in [0.29, 0.717) is 22.9 Å². The molecule has 0 bridgehead atoms. The summed E-state index contributed by atoms with van der Waals surface area (Å²) in [5, 5.41) is 4.93. The number of benzene rings is 1. The van der Waals surface area contributed by atoms with E-state index in [9.17, 15) is 4.39 Å². The standard InChI is InChI=1S/C15H19ClFN3O/c1-4-20-13(15(16)10(3)19-20)8-21-14-6-5-11(17)7-12(14)9(2)18/h5-7,9H,4,8,18H2,1-3H3/t9-/m0/s1. The number of rotatable bonds is 5. The fourth-order valence-electron chi connectivity index (χ4n) is 2.16. The van der Waals surface area contributed by atoms with E-state index in [0.717, 1.165) is 11.4 Å². The van der Waals surface area contributed by atoms with Gasteiger partial charge in [-0.05, 0) is 39.0 Å². The predicted octanol–water partition coefficient (Wildman–Crippen LogP) is 3.60. The van der Waals surface area contributed by atoms with E-state index in [1.807, 2.05) is 13.8 Å². The van der Waals surface area contributed by atoms with Crippen LogP contribution in [-0.4, -0.2) is 9.78 Å². The SMILES string of the molecule is CCn1nc(C)c(Cl)c1COc1ccc(F)cc1[C@H](C)N. The lowest BCUT2D eigenvalue weighted by Crippen LogP contribution is -2.10. The van der Waals surface area contributed by atoms with Crippen LogP contribution in [0, 0.1) is 12.7 Å². The number of aryl methyl sites for hydroxylation is 2. The first kappa shape index (κ1) is 15.8. The molecule has 114 valence electrons. The Kier molecular flexibility index (Phi) is 4.85. The first-order valence-corrected chi connectivity index (χ1v) is 7.21. The van der Waals surface area contributed by atoms with Crippen molar-refractivity contribution in [1.29, 1.82) is 0 Å². The summed E-state index contributed by atoms with van der Waals surface area (Å²) in [4.78, 5) is 0. The van der Waals surface area contributed by atoms with Crippen molar-refractivity contribution in [3.63, 3.8) is 0 Å². The third kappa shape index (κ3) is 3.36.